The van der Waals surface area contributed by atoms with Crippen LogP contribution in [0.15, 0.2) is 84.9 Å². The van der Waals surface area contributed by atoms with Gasteiger partial charge in [0.1, 0.15) is 5.75 Å². The Kier molecular flexibility index (Phi) is 5.29. The number of para-hydroxylation sites is 1. The number of hydrogen-bond donors (Lipinski definition) is 1. The van der Waals surface area contributed by atoms with Crippen molar-refractivity contribution in [3.05, 3.63) is 90.8 Å². The lowest BCUT2D eigenvalue weighted by Gasteiger charge is -2.35. The van der Waals surface area contributed by atoms with Crippen molar-refractivity contribution in [2.45, 2.75) is 0 Å². The predicted octanol–water partition coefficient (Wildman–Crippen LogP) is 3.60. The van der Waals surface area contributed by atoms with E-state index in [0.29, 0.717) is 32.0 Å². The number of aromatic nitrogens is 3. The lowest BCUT2D eigenvalue weighted by molar-refractivity contribution is 0.0734. The van der Waals surface area contributed by atoms with Crippen molar-refractivity contribution in [1.29, 1.82) is 0 Å². The number of piperazine rings is 1. The summed E-state index contributed by atoms with van der Waals surface area (Å²) in [7, 11) is 0. The molecule has 1 amide bonds. The zero-order valence-electron chi connectivity index (χ0n) is 17.5. The van der Waals surface area contributed by atoms with E-state index in [2.05, 4.69) is 15.0 Å². The third kappa shape index (κ3) is 3.92. The third-order valence-electron chi connectivity index (χ3n) is 5.59. The number of aromatic hydroxyl groups is 1. The van der Waals surface area contributed by atoms with Gasteiger partial charge in [-0.3, -0.25) is 4.79 Å². The van der Waals surface area contributed by atoms with Crippen molar-refractivity contribution in [2.24, 2.45) is 0 Å². The summed E-state index contributed by atoms with van der Waals surface area (Å²) in [6, 6.07) is 26.7. The van der Waals surface area contributed by atoms with Gasteiger partial charge in [-0.1, -0.05) is 54.6 Å². The Bertz CT molecular complexity index is 1160. The molecule has 0 bridgehead atoms. The average Bonchev–Trinajstić information content (AvgIpc) is 3.30. The molecule has 1 saturated heterocycles. The second-order valence-corrected chi connectivity index (χ2v) is 7.67. The van der Waals surface area contributed by atoms with E-state index in [-0.39, 0.29) is 17.5 Å². The number of carbonyl (C=O) groups is 1. The molecule has 0 aliphatic carbocycles. The second-order valence-electron chi connectivity index (χ2n) is 7.67. The Balaban J connectivity index is 1.39. The van der Waals surface area contributed by atoms with Crippen molar-refractivity contribution < 1.29 is 9.90 Å². The molecule has 7 heteroatoms. The molecule has 1 N–H and O–H groups in total. The van der Waals surface area contributed by atoms with Gasteiger partial charge >= 0.3 is 0 Å². The van der Waals surface area contributed by atoms with E-state index in [0.717, 1.165) is 16.9 Å². The quantitative estimate of drug-likeness (QED) is 0.541. The van der Waals surface area contributed by atoms with Crippen LogP contribution in [0, 0.1) is 0 Å². The van der Waals surface area contributed by atoms with E-state index in [1.165, 1.54) is 0 Å². The van der Waals surface area contributed by atoms with E-state index in [1.54, 1.807) is 21.7 Å². The molecule has 3 aromatic carbocycles. The molecule has 32 heavy (non-hydrogen) atoms. The Morgan fingerprint density at radius 1 is 0.781 bits per heavy atom. The fraction of sp³-hybridized carbons (Fsp3) is 0.160. The van der Waals surface area contributed by atoms with Gasteiger partial charge in [0.2, 0.25) is 5.82 Å². The normalized spacial score (nSPS) is 13.9. The molecule has 5 rings (SSSR count). The highest BCUT2D eigenvalue weighted by Gasteiger charge is 2.27. The fourth-order valence-electron chi connectivity index (χ4n) is 3.92. The van der Waals surface area contributed by atoms with E-state index in [9.17, 15) is 9.90 Å². The highest BCUT2D eigenvalue weighted by atomic mass is 16.3. The first-order valence-corrected chi connectivity index (χ1v) is 10.6. The van der Waals surface area contributed by atoms with Crippen LogP contribution in [0.2, 0.25) is 0 Å². The van der Waals surface area contributed by atoms with Gasteiger partial charge in [0.25, 0.3) is 5.91 Å². The minimum atomic E-state index is -0.174. The number of rotatable bonds is 4. The van der Waals surface area contributed by atoms with Crippen molar-refractivity contribution in [3.63, 3.8) is 0 Å². The van der Waals surface area contributed by atoms with Gasteiger partial charge < -0.3 is 14.9 Å². The van der Waals surface area contributed by atoms with Gasteiger partial charge in [0.05, 0.1) is 5.69 Å². The van der Waals surface area contributed by atoms with E-state index < -0.39 is 0 Å². The van der Waals surface area contributed by atoms with Crippen LogP contribution in [-0.2, 0) is 0 Å². The number of amides is 1. The first-order valence-electron chi connectivity index (χ1n) is 10.6. The number of phenolic OH excluding ortho intramolecular Hbond substituents is 1. The van der Waals surface area contributed by atoms with Crippen molar-refractivity contribution in [1.82, 2.24) is 19.7 Å². The predicted molar refractivity (Wildman–Crippen MR) is 123 cm³/mol. The summed E-state index contributed by atoms with van der Waals surface area (Å²) < 4.78 is 1.73. The molecule has 160 valence electrons. The van der Waals surface area contributed by atoms with Crippen LogP contribution in [0.5, 0.6) is 5.75 Å². The van der Waals surface area contributed by atoms with Crippen LogP contribution < -0.4 is 4.90 Å². The highest BCUT2D eigenvalue weighted by molar-refractivity contribution is 5.91. The summed E-state index contributed by atoms with van der Waals surface area (Å²) >= 11 is 0. The molecule has 0 atom stereocenters. The van der Waals surface area contributed by atoms with Crippen LogP contribution in [0.1, 0.15) is 10.6 Å². The lowest BCUT2D eigenvalue weighted by Crippen LogP contribution is -2.49. The number of carbonyl (C=O) groups excluding carboxylic acids is 1. The minimum absolute atomic E-state index is 0.174. The number of benzene rings is 3. The molecule has 2 heterocycles. The molecule has 0 radical (unpaired) electrons. The van der Waals surface area contributed by atoms with Crippen molar-refractivity contribution in [3.8, 4) is 22.8 Å². The number of phenols is 1. The van der Waals surface area contributed by atoms with Crippen LogP contribution in [0.4, 0.5) is 5.69 Å². The molecule has 0 saturated carbocycles. The Morgan fingerprint density at radius 3 is 2.12 bits per heavy atom. The molecule has 1 aromatic heterocycles. The standard InChI is InChI=1S/C25H23N5O2/c31-22-13-7-12-21(18-22)28-14-16-29(17-15-28)25(32)23-26-24(19-8-3-1-4-9-19)30(27-23)20-10-5-2-6-11-20/h1-13,18,31H,14-17H2. The SMILES string of the molecule is O=C(c1nc(-c2ccccc2)n(-c2ccccc2)n1)N1CCN(c2cccc(O)c2)CC1. The number of anilines is 1. The molecule has 7 nitrogen and oxygen atoms in total. The fourth-order valence-corrected chi connectivity index (χ4v) is 3.92. The molecular weight excluding hydrogens is 402 g/mol. The third-order valence-corrected chi connectivity index (χ3v) is 5.59. The molecule has 1 fully saturated rings. The van der Waals surface area contributed by atoms with Crippen molar-refractivity contribution >= 4 is 11.6 Å². The second kappa shape index (κ2) is 8.55. The van der Waals surface area contributed by atoms with Gasteiger partial charge in [0, 0.05) is 43.5 Å². The van der Waals surface area contributed by atoms with E-state index >= 15 is 0 Å². The number of hydrogen-bond acceptors (Lipinski definition) is 5. The van der Waals surface area contributed by atoms with Gasteiger partial charge in [-0.05, 0) is 24.3 Å². The molecule has 4 aromatic rings. The topological polar surface area (TPSA) is 74.5 Å². The first-order chi connectivity index (χ1) is 15.7. The lowest BCUT2D eigenvalue weighted by atomic mass is 10.2. The van der Waals surface area contributed by atoms with Crippen LogP contribution in [0.3, 0.4) is 0 Å². The summed E-state index contributed by atoms with van der Waals surface area (Å²) in [5.74, 6) is 0.898. The summed E-state index contributed by atoms with van der Waals surface area (Å²) in [5.41, 5.74) is 2.71. The first kappa shape index (κ1) is 19.8. The van der Waals surface area contributed by atoms with Crippen molar-refractivity contribution in [2.75, 3.05) is 31.1 Å². The van der Waals surface area contributed by atoms with Gasteiger partial charge in [-0.2, -0.15) is 0 Å². The van der Waals surface area contributed by atoms with Crippen LogP contribution in [0.25, 0.3) is 17.1 Å². The summed E-state index contributed by atoms with van der Waals surface area (Å²) in [5, 5.41) is 14.3. The molecule has 1 aliphatic rings. The largest absolute Gasteiger partial charge is 0.508 e. The zero-order chi connectivity index (χ0) is 21.9. The van der Waals surface area contributed by atoms with Gasteiger partial charge in [-0.25, -0.2) is 9.67 Å². The molecule has 1 aliphatic heterocycles. The van der Waals surface area contributed by atoms with Gasteiger partial charge in [0.15, 0.2) is 5.82 Å². The summed E-state index contributed by atoms with van der Waals surface area (Å²) in [6.45, 7) is 2.49. The summed E-state index contributed by atoms with van der Waals surface area (Å²) in [6.07, 6.45) is 0. The Hall–Kier alpha value is -4.13. The smallest absolute Gasteiger partial charge is 0.293 e. The maximum absolute atomic E-state index is 13.3. The summed E-state index contributed by atoms with van der Waals surface area (Å²) in [4.78, 5) is 21.8. The maximum atomic E-state index is 13.3. The maximum Gasteiger partial charge on any atom is 0.293 e. The average molecular weight is 425 g/mol. The van der Waals surface area contributed by atoms with Gasteiger partial charge in [-0.15, -0.1) is 5.10 Å². The van der Waals surface area contributed by atoms with Crippen LogP contribution in [-0.4, -0.2) is 56.9 Å². The number of nitrogens with zero attached hydrogens (tertiary/aromatic N) is 5. The molecular formula is C25H23N5O2. The van der Waals surface area contributed by atoms with E-state index in [1.807, 2.05) is 72.8 Å². The highest BCUT2D eigenvalue weighted by Crippen LogP contribution is 2.23. The zero-order valence-corrected chi connectivity index (χ0v) is 17.5. The minimum Gasteiger partial charge on any atom is -0.508 e. The van der Waals surface area contributed by atoms with Crippen LogP contribution >= 0.6 is 0 Å². The monoisotopic (exact) mass is 425 g/mol. The molecule has 0 unspecified atom stereocenters. The molecule has 0 spiro atoms. The van der Waals surface area contributed by atoms with E-state index in [4.69, 9.17) is 0 Å². The Labute approximate surface area is 186 Å². The Morgan fingerprint density at radius 2 is 1.44 bits per heavy atom.